The molecule has 142 valence electrons. The lowest BCUT2D eigenvalue weighted by molar-refractivity contribution is -0.136. The highest BCUT2D eigenvalue weighted by molar-refractivity contribution is 6.01. The first-order valence-corrected chi connectivity index (χ1v) is 9.68. The number of fused-ring (bicyclic) bond motifs is 2. The zero-order valence-corrected chi connectivity index (χ0v) is 15.4. The van der Waals surface area contributed by atoms with Crippen molar-refractivity contribution in [2.45, 2.75) is 31.1 Å². The van der Waals surface area contributed by atoms with Crippen LogP contribution in [0.15, 0.2) is 48.7 Å². The Morgan fingerprint density at radius 3 is 2.89 bits per heavy atom. The molecule has 0 bridgehead atoms. The molecule has 28 heavy (non-hydrogen) atoms. The minimum absolute atomic E-state index is 0.0285. The van der Waals surface area contributed by atoms with E-state index in [4.69, 9.17) is 0 Å². The fourth-order valence-corrected chi connectivity index (χ4v) is 4.38. The Labute approximate surface area is 162 Å². The number of hydrogen-bond acceptors (Lipinski definition) is 4. The first-order valence-electron chi connectivity index (χ1n) is 9.68. The number of anilines is 1. The molecule has 2 aliphatic heterocycles. The van der Waals surface area contributed by atoms with Crippen LogP contribution >= 0.6 is 0 Å². The van der Waals surface area contributed by atoms with E-state index in [1.807, 2.05) is 58.0 Å². The van der Waals surface area contributed by atoms with E-state index < -0.39 is 5.92 Å². The summed E-state index contributed by atoms with van der Waals surface area (Å²) >= 11 is 0. The molecule has 4 heterocycles. The predicted octanol–water partition coefficient (Wildman–Crippen LogP) is 2.56. The van der Waals surface area contributed by atoms with E-state index >= 15 is 0 Å². The minimum Gasteiger partial charge on any atom is -0.341 e. The summed E-state index contributed by atoms with van der Waals surface area (Å²) in [5.41, 5.74) is 2.47. The van der Waals surface area contributed by atoms with Crippen LogP contribution in [0.5, 0.6) is 0 Å². The van der Waals surface area contributed by atoms with Gasteiger partial charge in [0.05, 0.1) is 5.92 Å². The number of piperidine rings is 1. The molecular formula is C21H21N5O2. The molecule has 1 saturated heterocycles. The molecule has 2 atom stereocenters. The van der Waals surface area contributed by atoms with Crippen molar-refractivity contribution in [3.8, 4) is 0 Å². The van der Waals surface area contributed by atoms with Crippen LogP contribution < -0.4 is 5.32 Å². The first kappa shape index (κ1) is 16.9. The Bertz CT molecular complexity index is 1060. The van der Waals surface area contributed by atoms with Gasteiger partial charge in [-0.05, 0) is 36.6 Å². The summed E-state index contributed by atoms with van der Waals surface area (Å²) in [5, 5.41) is 11.5. The van der Waals surface area contributed by atoms with Gasteiger partial charge in [-0.1, -0.05) is 24.3 Å². The molecule has 2 aromatic heterocycles. The van der Waals surface area contributed by atoms with E-state index in [1.165, 1.54) is 0 Å². The molecule has 1 aromatic carbocycles. The van der Waals surface area contributed by atoms with E-state index in [2.05, 4.69) is 15.5 Å². The highest BCUT2D eigenvalue weighted by Gasteiger charge is 2.36. The lowest BCUT2D eigenvalue weighted by Gasteiger charge is -2.35. The molecule has 3 aromatic rings. The van der Waals surface area contributed by atoms with Crippen LogP contribution in [0.2, 0.25) is 0 Å². The summed E-state index contributed by atoms with van der Waals surface area (Å²) in [6, 6.07) is 13.4. The smallest absolute Gasteiger partial charge is 0.230 e. The van der Waals surface area contributed by atoms with Crippen LogP contribution in [0.25, 0.3) is 5.65 Å². The number of carbonyl (C=O) groups excluding carboxylic acids is 2. The maximum atomic E-state index is 13.3. The van der Waals surface area contributed by atoms with Crippen LogP contribution in [0, 0.1) is 0 Å². The number of pyridine rings is 1. The summed E-state index contributed by atoms with van der Waals surface area (Å²) < 4.78 is 2.00. The minimum atomic E-state index is -0.418. The molecule has 5 rings (SSSR count). The second kappa shape index (κ2) is 6.74. The molecule has 1 N–H and O–H groups in total. The van der Waals surface area contributed by atoms with Gasteiger partial charge in [-0.25, -0.2) is 0 Å². The summed E-state index contributed by atoms with van der Waals surface area (Å²) in [4.78, 5) is 27.4. The van der Waals surface area contributed by atoms with E-state index in [-0.39, 0.29) is 24.2 Å². The second-order valence-electron chi connectivity index (χ2n) is 7.50. The number of likely N-dealkylation sites (tertiary alicyclic amines) is 1. The summed E-state index contributed by atoms with van der Waals surface area (Å²) in [6.45, 7) is 1.32. The number of amides is 2. The number of para-hydroxylation sites is 1. The highest BCUT2D eigenvalue weighted by Crippen LogP contribution is 2.35. The van der Waals surface area contributed by atoms with Crippen molar-refractivity contribution in [3.05, 3.63) is 60.0 Å². The van der Waals surface area contributed by atoms with E-state index in [1.54, 1.807) is 0 Å². The van der Waals surface area contributed by atoms with Crippen LogP contribution in [0.4, 0.5) is 5.69 Å². The molecule has 0 aliphatic carbocycles. The maximum absolute atomic E-state index is 13.3. The van der Waals surface area contributed by atoms with Crippen molar-refractivity contribution in [1.82, 2.24) is 19.5 Å². The highest BCUT2D eigenvalue weighted by atomic mass is 16.2. The van der Waals surface area contributed by atoms with Crippen molar-refractivity contribution in [3.63, 3.8) is 0 Å². The van der Waals surface area contributed by atoms with Gasteiger partial charge in [0.1, 0.15) is 5.82 Å². The Hall–Kier alpha value is -3.22. The fourth-order valence-electron chi connectivity index (χ4n) is 4.38. The van der Waals surface area contributed by atoms with Crippen LogP contribution in [-0.2, 0) is 9.59 Å². The van der Waals surface area contributed by atoms with Crippen molar-refractivity contribution >= 4 is 23.1 Å². The van der Waals surface area contributed by atoms with Crippen LogP contribution in [-0.4, -0.2) is 44.4 Å². The average molecular weight is 375 g/mol. The van der Waals surface area contributed by atoms with Gasteiger partial charge in [0.15, 0.2) is 5.65 Å². The third-order valence-corrected chi connectivity index (χ3v) is 5.74. The molecule has 0 spiro atoms. The molecular weight excluding hydrogens is 354 g/mol. The molecule has 0 radical (unpaired) electrons. The largest absolute Gasteiger partial charge is 0.341 e. The van der Waals surface area contributed by atoms with Gasteiger partial charge in [0, 0.05) is 37.3 Å². The lowest BCUT2D eigenvalue weighted by Crippen LogP contribution is -2.43. The van der Waals surface area contributed by atoms with E-state index in [0.717, 1.165) is 35.6 Å². The van der Waals surface area contributed by atoms with Gasteiger partial charge in [-0.2, -0.15) is 0 Å². The Morgan fingerprint density at radius 1 is 1.11 bits per heavy atom. The maximum Gasteiger partial charge on any atom is 0.230 e. The number of hydrogen-bond donors (Lipinski definition) is 1. The third kappa shape index (κ3) is 2.83. The fraction of sp³-hybridized carbons (Fsp3) is 0.333. The molecule has 0 saturated carbocycles. The Kier molecular flexibility index (Phi) is 4.07. The zero-order chi connectivity index (χ0) is 19.1. The van der Waals surface area contributed by atoms with Gasteiger partial charge in [-0.3, -0.25) is 14.0 Å². The van der Waals surface area contributed by atoms with Gasteiger partial charge in [-0.15, -0.1) is 10.2 Å². The van der Waals surface area contributed by atoms with E-state index in [9.17, 15) is 9.59 Å². The van der Waals surface area contributed by atoms with Gasteiger partial charge < -0.3 is 10.2 Å². The van der Waals surface area contributed by atoms with Gasteiger partial charge in [0.2, 0.25) is 11.8 Å². The molecule has 2 aliphatic rings. The van der Waals surface area contributed by atoms with Crippen molar-refractivity contribution < 1.29 is 9.59 Å². The molecule has 2 unspecified atom stereocenters. The molecule has 2 amide bonds. The Morgan fingerprint density at radius 2 is 1.96 bits per heavy atom. The van der Waals surface area contributed by atoms with Crippen molar-refractivity contribution in [2.75, 3.05) is 18.4 Å². The number of nitrogens with one attached hydrogen (secondary N) is 1. The van der Waals surface area contributed by atoms with Gasteiger partial charge >= 0.3 is 0 Å². The first-order chi connectivity index (χ1) is 13.7. The van der Waals surface area contributed by atoms with Crippen LogP contribution in [0.1, 0.15) is 42.5 Å². The zero-order valence-electron chi connectivity index (χ0n) is 15.4. The standard InChI is InChI=1S/C21H21N5O2/c27-19-12-16(15-7-1-2-8-17(15)22-19)21(28)25-10-5-6-14(13-25)20-24-23-18-9-3-4-11-26(18)20/h1-4,7-9,11,14,16H,5-6,10,12-13H2,(H,22,27). The van der Waals surface area contributed by atoms with Crippen LogP contribution in [0.3, 0.4) is 0 Å². The molecule has 1 fully saturated rings. The summed E-state index contributed by atoms with van der Waals surface area (Å²) in [5.74, 6) is 0.548. The van der Waals surface area contributed by atoms with Gasteiger partial charge in [0.25, 0.3) is 0 Å². The quantitative estimate of drug-likeness (QED) is 0.747. The average Bonchev–Trinajstić information content (AvgIpc) is 3.17. The van der Waals surface area contributed by atoms with E-state index in [0.29, 0.717) is 13.1 Å². The normalized spacial score (nSPS) is 22.0. The number of rotatable bonds is 2. The van der Waals surface area contributed by atoms with Crippen molar-refractivity contribution in [1.29, 1.82) is 0 Å². The number of carbonyl (C=O) groups is 2. The second-order valence-corrected chi connectivity index (χ2v) is 7.50. The lowest BCUT2D eigenvalue weighted by atomic mass is 9.88. The summed E-state index contributed by atoms with van der Waals surface area (Å²) in [6.07, 6.45) is 4.05. The summed E-state index contributed by atoms with van der Waals surface area (Å²) in [7, 11) is 0. The topological polar surface area (TPSA) is 79.6 Å². The number of aromatic nitrogens is 3. The molecule has 7 nitrogen and oxygen atoms in total. The SMILES string of the molecule is O=C1CC(C(=O)N2CCCC(c3nnc4ccccn34)C2)c2ccccc2N1. The Balaban J connectivity index is 1.41. The number of nitrogens with zero attached hydrogens (tertiary/aromatic N) is 4. The molecule has 7 heteroatoms. The monoisotopic (exact) mass is 375 g/mol. The number of benzene rings is 1. The third-order valence-electron chi connectivity index (χ3n) is 5.74. The van der Waals surface area contributed by atoms with Crippen molar-refractivity contribution in [2.24, 2.45) is 0 Å². The predicted molar refractivity (Wildman–Crippen MR) is 104 cm³/mol.